The zero-order chi connectivity index (χ0) is 13.3. The number of rotatable bonds is 3. The van der Waals surface area contributed by atoms with Crippen LogP contribution in [0.2, 0.25) is 0 Å². The summed E-state index contributed by atoms with van der Waals surface area (Å²) >= 11 is 0. The molecule has 1 heterocycles. The number of carbonyl (C=O) groups excluding carboxylic acids is 1. The molecule has 1 saturated heterocycles. The minimum Gasteiger partial charge on any atom is -0.506 e. The third kappa shape index (κ3) is 2.16. The van der Waals surface area contributed by atoms with E-state index in [1.54, 1.807) is 12.1 Å². The van der Waals surface area contributed by atoms with Gasteiger partial charge in [0.1, 0.15) is 5.75 Å². The SMILES string of the molecule is CCc1ccc(O)c(N2C[C@H](C(=O)O)CC2=O)c1. The molecule has 0 spiro atoms. The Hall–Kier alpha value is -2.04. The normalized spacial score (nSPS) is 19.3. The molecule has 1 atom stereocenters. The van der Waals surface area contributed by atoms with Gasteiger partial charge in [-0.25, -0.2) is 0 Å². The summed E-state index contributed by atoms with van der Waals surface area (Å²) in [6.45, 7) is 2.09. The van der Waals surface area contributed by atoms with Crippen LogP contribution < -0.4 is 4.90 Å². The minimum absolute atomic E-state index is 0.00610. The number of hydrogen-bond donors (Lipinski definition) is 2. The number of aliphatic carboxylic acids is 1. The second-order valence-electron chi connectivity index (χ2n) is 4.42. The zero-order valence-electron chi connectivity index (χ0n) is 10.1. The molecule has 0 unspecified atom stereocenters. The predicted octanol–water partition coefficient (Wildman–Crippen LogP) is 1.39. The number of aromatic hydroxyl groups is 1. The minimum atomic E-state index is -0.975. The number of carbonyl (C=O) groups is 2. The molecule has 0 aromatic heterocycles. The molecule has 1 aromatic rings. The van der Waals surface area contributed by atoms with Gasteiger partial charge in [-0.2, -0.15) is 0 Å². The maximum Gasteiger partial charge on any atom is 0.308 e. The highest BCUT2D eigenvalue weighted by Gasteiger charge is 2.36. The Bertz CT molecular complexity index is 498. The molecule has 5 heteroatoms. The molecule has 0 bridgehead atoms. The van der Waals surface area contributed by atoms with E-state index in [1.165, 1.54) is 11.0 Å². The first-order valence-electron chi connectivity index (χ1n) is 5.88. The lowest BCUT2D eigenvalue weighted by atomic mass is 10.1. The number of carboxylic acid groups (broad SMARTS) is 1. The average molecular weight is 249 g/mol. The zero-order valence-corrected chi connectivity index (χ0v) is 10.1. The number of anilines is 1. The van der Waals surface area contributed by atoms with Crippen molar-refractivity contribution in [2.75, 3.05) is 11.4 Å². The van der Waals surface area contributed by atoms with Gasteiger partial charge in [0.25, 0.3) is 0 Å². The fourth-order valence-corrected chi connectivity index (χ4v) is 2.11. The van der Waals surface area contributed by atoms with E-state index in [-0.39, 0.29) is 24.6 Å². The Labute approximate surface area is 105 Å². The molecule has 18 heavy (non-hydrogen) atoms. The van der Waals surface area contributed by atoms with Gasteiger partial charge in [0.15, 0.2) is 0 Å². The van der Waals surface area contributed by atoms with Gasteiger partial charge in [0, 0.05) is 13.0 Å². The number of phenolic OH excluding ortho intramolecular Hbond substituents is 1. The summed E-state index contributed by atoms with van der Waals surface area (Å²) in [6.07, 6.45) is 0.781. The maximum atomic E-state index is 11.8. The van der Waals surface area contributed by atoms with Crippen molar-refractivity contribution in [2.24, 2.45) is 5.92 Å². The molecule has 5 nitrogen and oxygen atoms in total. The van der Waals surface area contributed by atoms with Crippen LogP contribution in [0.25, 0.3) is 0 Å². The van der Waals surface area contributed by atoms with Crippen molar-refractivity contribution in [1.82, 2.24) is 0 Å². The monoisotopic (exact) mass is 249 g/mol. The maximum absolute atomic E-state index is 11.8. The van der Waals surface area contributed by atoms with Crippen LogP contribution in [0.1, 0.15) is 18.9 Å². The number of nitrogens with zero attached hydrogens (tertiary/aromatic N) is 1. The van der Waals surface area contributed by atoms with Crippen LogP contribution in [0.5, 0.6) is 5.75 Å². The lowest BCUT2D eigenvalue weighted by Crippen LogP contribution is -2.25. The van der Waals surface area contributed by atoms with Gasteiger partial charge in [0.2, 0.25) is 5.91 Å². The first kappa shape index (κ1) is 12.4. The highest BCUT2D eigenvalue weighted by Crippen LogP contribution is 2.33. The summed E-state index contributed by atoms with van der Waals surface area (Å²) in [6, 6.07) is 5.06. The van der Waals surface area contributed by atoms with E-state index in [0.717, 1.165) is 12.0 Å². The van der Waals surface area contributed by atoms with Crippen LogP contribution in [0, 0.1) is 5.92 Å². The van der Waals surface area contributed by atoms with Gasteiger partial charge in [-0.15, -0.1) is 0 Å². The number of benzene rings is 1. The summed E-state index contributed by atoms with van der Waals surface area (Å²) in [5.41, 5.74) is 1.40. The number of amides is 1. The Kier molecular flexibility index (Phi) is 3.23. The van der Waals surface area contributed by atoms with Crippen LogP contribution in [-0.2, 0) is 16.0 Å². The van der Waals surface area contributed by atoms with Crippen molar-refractivity contribution in [2.45, 2.75) is 19.8 Å². The average Bonchev–Trinajstić information content (AvgIpc) is 2.72. The van der Waals surface area contributed by atoms with Gasteiger partial charge < -0.3 is 15.1 Å². The summed E-state index contributed by atoms with van der Waals surface area (Å²) in [5.74, 6) is -1.92. The number of aryl methyl sites for hydroxylation is 1. The van der Waals surface area contributed by atoms with Crippen LogP contribution in [0.3, 0.4) is 0 Å². The number of hydrogen-bond acceptors (Lipinski definition) is 3. The van der Waals surface area contributed by atoms with E-state index in [1.807, 2.05) is 6.92 Å². The number of phenols is 1. The van der Waals surface area contributed by atoms with Crippen molar-refractivity contribution in [1.29, 1.82) is 0 Å². The van der Waals surface area contributed by atoms with Gasteiger partial charge in [-0.1, -0.05) is 13.0 Å². The van der Waals surface area contributed by atoms with E-state index in [0.29, 0.717) is 5.69 Å². The van der Waals surface area contributed by atoms with E-state index in [4.69, 9.17) is 5.11 Å². The second-order valence-corrected chi connectivity index (χ2v) is 4.42. The molecule has 1 amide bonds. The number of carboxylic acids is 1. The third-order valence-corrected chi connectivity index (χ3v) is 3.21. The molecule has 2 N–H and O–H groups in total. The highest BCUT2D eigenvalue weighted by atomic mass is 16.4. The van der Waals surface area contributed by atoms with Crippen LogP contribution >= 0.6 is 0 Å². The van der Waals surface area contributed by atoms with Crippen LogP contribution in [0.15, 0.2) is 18.2 Å². The smallest absolute Gasteiger partial charge is 0.308 e. The Morgan fingerprint density at radius 2 is 2.22 bits per heavy atom. The molecule has 1 fully saturated rings. The molecule has 1 aliphatic heterocycles. The second kappa shape index (κ2) is 4.68. The predicted molar refractivity (Wildman–Crippen MR) is 65.6 cm³/mol. The lowest BCUT2D eigenvalue weighted by molar-refractivity contribution is -0.141. The van der Waals surface area contributed by atoms with Gasteiger partial charge in [0.05, 0.1) is 11.6 Å². The largest absolute Gasteiger partial charge is 0.506 e. The molecule has 0 saturated carbocycles. The van der Waals surface area contributed by atoms with Crippen LogP contribution in [-0.4, -0.2) is 28.6 Å². The fraction of sp³-hybridized carbons (Fsp3) is 0.385. The van der Waals surface area contributed by atoms with Gasteiger partial charge in [-0.3, -0.25) is 9.59 Å². The standard InChI is InChI=1S/C13H15NO4/c1-2-8-3-4-11(15)10(5-8)14-7-9(13(17)18)6-12(14)16/h3-5,9,15H,2,6-7H2,1H3,(H,17,18)/t9-/m1/s1. The molecular formula is C13H15NO4. The molecular weight excluding hydrogens is 234 g/mol. The van der Waals surface area contributed by atoms with E-state index in [2.05, 4.69) is 0 Å². The van der Waals surface area contributed by atoms with Crippen molar-refractivity contribution < 1.29 is 19.8 Å². The Morgan fingerprint density at radius 3 is 2.78 bits per heavy atom. The molecule has 1 aromatic carbocycles. The van der Waals surface area contributed by atoms with Gasteiger partial charge in [-0.05, 0) is 24.1 Å². The summed E-state index contributed by atoms with van der Waals surface area (Å²) < 4.78 is 0. The molecule has 0 radical (unpaired) electrons. The van der Waals surface area contributed by atoms with Crippen molar-refractivity contribution in [3.05, 3.63) is 23.8 Å². The van der Waals surface area contributed by atoms with E-state index in [9.17, 15) is 14.7 Å². The topological polar surface area (TPSA) is 77.8 Å². The Morgan fingerprint density at radius 1 is 1.50 bits per heavy atom. The third-order valence-electron chi connectivity index (χ3n) is 3.21. The summed E-state index contributed by atoms with van der Waals surface area (Å²) in [7, 11) is 0. The summed E-state index contributed by atoms with van der Waals surface area (Å²) in [5, 5.41) is 18.7. The Balaban J connectivity index is 2.32. The van der Waals surface area contributed by atoms with Crippen molar-refractivity contribution in [3.63, 3.8) is 0 Å². The fourth-order valence-electron chi connectivity index (χ4n) is 2.11. The highest BCUT2D eigenvalue weighted by molar-refractivity contribution is 6.00. The van der Waals surface area contributed by atoms with E-state index < -0.39 is 11.9 Å². The van der Waals surface area contributed by atoms with Crippen molar-refractivity contribution in [3.8, 4) is 5.75 Å². The lowest BCUT2D eigenvalue weighted by Gasteiger charge is -2.18. The van der Waals surface area contributed by atoms with Gasteiger partial charge >= 0.3 is 5.97 Å². The van der Waals surface area contributed by atoms with E-state index >= 15 is 0 Å². The molecule has 0 aliphatic carbocycles. The quantitative estimate of drug-likeness (QED) is 0.848. The molecule has 2 rings (SSSR count). The molecule has 96 valence electrons. The molecule has 1 aliphatic rings. The first-order valence-corrected chi connectivity index (χ1v) is 5.88. The summed E-state index contributed by atoms with van der Waals surface area (Å²) in [4.78, 5) is 24.0. The van der Waals surface area contributed by atoms with Crippen molar-refractivity contribution >= 4 is 17.6 Å². The first-order chi connectivity index (χ1) is 8.52. The van der Waals surface area contributed by atoms with Crippen LogP contribution in [0.4, 0.5) is 5.69 Å².